The molecule has 3 heterocycles. The fourth-order valence-electron chi connectivity index (χ4n) is 3.79. The van der Waals surface area contributed by atoms with Gasteiger partial charge < -0.3 is 14.2 Å². The number of hydrogen-bond acceptors (Lipinski definition) is 5. The zero-order chi connectivity index (χ0) is 18.0. The lowest BCUT2D eigenvalue weighted by Crippen LogP contribution is -2.65. The van der Waals surface area contributed by atoms with E-state index in [-0.39, 0.29) is 17.6 Å². The number of hydrogen-bond donors (Lipinski definition) is 0. The summed E-state index contributed by atoms with van der Waals surface area (Å²) < 4.78 is 30.8. The second-order valence-corrected chi connectivity index (χ2v) is 7.05. The summed E-state index contributed by atoms with van der Waals surface area (Å²) in [5, 5.41) is 0. The van der Waals surface area contributed by atoms with Gasteiger partial charge in [-0.2, -0.15) is 0 Å². The Morgan fingerprint density at radius 2 is 2.08 bits per heavy atom. The van der Waals surface area contributed by atoms with Crippen LogP contribution in [0.3, 0.4) is 0 Å². The molecule has 2 fully saturated rings. The van der Waals surface area contributed by atoms with Gasteiger partial charge in [0.2, 0.25) is 0 Å². The predicted molar refractivity (Wildman–Crippen MR) is 94.8 cm³/mol. The standard InChI is InChI=1S/C20H23FN2O3/c1-24-16-6-4-15(5-7-16)12-23-13-20(14-23)11-17(8-10-25-20)26-19-18(21)3-2-9-22-19/h2-7,9,17H,8,10-14H2,1H3. The predicted octanol–water partition coefficient (Wildman–Crippen LogP) is 3.04. The molecule has 2 saturated heterocycles. The molecule has 0 radical (unpaired) electrons. The van der Waals surface area contributed by atoms with Gasteiger partial charge in [-0.05, 0) is 29.8 Å². The minimum Gasteiger partial charge on any atom is -0.497 e. The molecule has 1 unspecified atom stereocenters. The summed E-state index contributed by atoms with van der Waals surface area (Å²) in [5.74, 6) is 0.540. The summed E-state index contributed by atoms with van der Waals surface area (Å²) in [4.78, 5) is 6.34. The van der Waals surface area contributed by atoms with Crippen LogP contribution in [0.25, 0.3) is 0 Å². The van der Waals surface area contributed by atoms with Crippen LogP contribution in [-0.2, 0) is 11.3 Å². The molecule has 6 heteroatoms. The Balaban J connectivity index is 1.32. The highest BCUT2D eigenvalue weighted by Crippen LogP contribution is 2.36. The lowest BCUT2D eigenvalue weighted by atomic mass is 9.84. The molecule has 0 amide bonds. The lowest BCUT2D eigenvalue weighted by molar-refractivity contribution is -0.188. The molecule has 2 aliphatic rings. The van der Waals surface area contributed by atoms with E-state index in [1.165, 1.54) is 11.6 Å². The van der Waals surface area contributed by atoms with E-state index in [9.17, 15) is 4.39 Å². The minimum absolute atomic E-state index is 0.0590. The van der Waals surface area contributed by atoms with Crippen molar-refractivity contribution in [3.63, 3.8) is 0 Å². The first-order valence-electron chi connectivity index (χ1n) is 8.92. The van der Waals surface area contributed by atoms with Gasteiger partial charge in [-0.25, -0.2) is 9.37 Å². The van der Waals surface area contributed by atoms with Crippen LogP contribution < -0.4 is 9.47 Å². The Morgan fingerprint density at radius 1 is 1.27 bits per heavy atom. The largest absolute Gasteiger partial charge is 0.497 e. The number of ether oxygens (including phenoxy) is 3. The van der Waals surface area contributed by atoms with E-state index in [4.69, 9.17) is 14.2 Å². The Kier molecular flexibility index (Phi) is 4.78. The topological polar surface area (TPSA) is 43.8 Å². The Morgan fingerprint density at radius 3 is 2.81 bits per heavy atom. The number of aromatic nitrogens is 1. The van der Waals surface area contributed by atoms with Crippen molar-refractivity contribution < 1.29 is 18.6 Å². The molecular weight excluding hydrogens is 335 g/mol. The van der Waals surface area contributed by atoms with Crippen molar-refractivity contribution in [3.8, 4) is 11.6 Å². The van der Waals surface area contributed by atoms with Gasteiger partial charge >= 0.3 is 0 Å². The van der Waals surface area contributed by atoms with Crippen LogP contribution in [-0.4, -0.2) is 48.4 Å². The Labute approximate surface area is 152 Å². The van der Waals surface area contributed by atoms with Crippen LogP contribution >= 0.6 is 0 Å². The number of likely N-dealkylation sites (tertiary alicyclic amines) is 1. The van der Waals surface area contributed by atoms with Gasteiger partial charge in [0.05, 0.1) is 19.3 Å². The average molecular weight is 358 g/mol. The fraction of sp³-hybridized carbons (Fsp3) is 0.450. The van der Waals surface area contributed by atoms with Crippen molar-refractivity contribution in [1.82, 2.24) is 9.88 Å². The smallest absolute Gasteiger partial charge is 0.250 e. The molecule has 26 heavy (non-hydrogen) atoms. The lowest BCUT2D eigenvalue weighted by Gasteiger charge is -2.53. The minimum atomic E-state index is -0.414. The molecule has 1 atom stereocenters. The Bertz CT molecular complexity index is 747. The number of halogens is 1. The van der Waals surface area contributed by atoms with Crippen molar-refractivity contribution >= 4 is 0 Å². The first kappa shape index (κ1) is 17.2. The zero-order valence-electron chi connectivity index (χ0n) is 14.9. The number of rotatable bonds is 5. The number of methoxy groups -OCH3 is 1. The number of benzene rings is 1. The van der Waals surface area contributed by atoms with Gasteiger partial charge in [-0.15, -0.1) is 0 Å². The van der Waals surface area contributed by atoms with E-state index in [0.717, 1.165) is 38.2 Å². The Hall–Kier alpha value is -2.18. The summed E-state index contributed by atoms with van der Waals surface area (Å²) in [6, 6.07) is 11.1. The maximum absolute atomic E-state index is 13.8. The average Bonchev–Trinajstić information content (AvgIpc) is 2.63. The number of pyridine rings is 1. The molecule has 0 aliphatic carbocycles. The van der Waals surface area contributed by atoms with Gasteiger partial charge in [0.15, 0.2) is 5.82 Å². The molecule has 0 bridgehead atoms. The van der Waals surface area contributed by atoms with Crippen molar-refractivity contribution in [1.29, 1.82) is 0 Å². The van der Waals surface area contributed by atoms with Crippen LogP contribution in [0.2, 0.25) is 0 Å². The first-order valence-corrected chi connectivity index (χ1v) is 8.92. The van der Waals surface area contributed by atoms with E-state index < -0.39 is 5.82 Å². The summed E-state index contributed by atoms with van der Waals surface area (Å²) in [5.41, 5.74) is 1.07. The molecule has 0 N–H and O–H groups in total. The van der Waals surface area contributed by atoms with E-state index in [1.54, 1.807) is 19.4 Å². The second kappa shape index (κ2) is 7.21. The van der Waals surface area contributed by atoms with Crippen molar-refractivity contribution in [2.45, 2.75) is 31.1 Å². The number of nitrogens with zero attached hydrogens (tertiary/aromatic N) is 2. The highest BCUT2D eigenvalue weighted by Gasteiger charge is 2.48. The molecule has 2 aromatic rings. The van der Waals surface area contributed by atoms with E-state index in [2.05, 4.69) is 22.0 Å². The summed E-state index contributed by atoms with van der Waals surface area (Å²) in [7, 11) is 1.67. The molecule has 4 rings (SSSR count). The van der Waals surface area contributed by atoms with Gasteiger partial charge in [0.25, 0.3) is 5.88 Å². The molecule has 0 saturated carbocycles. The van der Waals surface area contributed by atoms with Gasteiger partial charge in [-0.3, -0.25) is 4.90 Å². The highest BCUT2D eigenvalue weighted by molar-refractivity contribution is 5.27. The SMILES string of the molecule is COc1ccc(CN2CC3(CC(Oc4ncccc4F)CCO3)C2)cc1. The van der Waals surface area contributed by atoms with Gasteiger partial charge in [0.1, 0.15) is 11.9 Å². The van der Waals surface area contributed by atoms with Crippen molar-refractivity contribution in [2.75, 3.05) is 26.8 Å². The van der Waals surface area contributed by atoms with E-state index >= 15 is 0 Å². The zero-order valence-corrected chi connectivity index (χ0v) is 14.9. The third-order valence-electron chi connectivity index (χ3n) is 5.04. The van der Waals surface area contributed by atoms with Gasteiger partial charge in [0, 0.05) is 38.7 Å². The van der Waals surface area contributed by atoms with Crippen molar-refractivity contribution in [3.05, 3.63) is 54.0 Å². The quantitative estimate of drug-likeness (QED) is 0.822. The maximum Gasteiger partial charge on any atom is 0.250 e. The highest BCUT2D eigenvalue weighted by atomic mass is 19.1. The molecule has 1 aromatic heterocycles. The van der Waals surface area contributed by atoms with Crippen molar-refractivity contribution in [2.24, 2.45) is 0 Å². The third-order valence-corrected chi connectivity index (χ3v) is 5.04. The van der Waals surface area contributed by atoms with E-state index in [0.29, 0.717) is 6.61 Å². The van der Waals surface area contributed by atoms with Crippen LogP contribution in [0.4, 0.5) is 4.39 Å². The molecule has 1 spiro atoms. The van der Waals surface area contributed by atoms with Crippen LogP contribution in [0.15, 0.2) is 42.6 Å². The summed E-state index contributed by atoms with van der Waals surface area (Å²) in [6.45, 7) is 3.25. The summed E-state index contributed by atoms with van der Waals surface area (Å²) in [6.07, 6.45) is 3.02. The fourth-order valence-corrected chi connectivity index (χ4v) is 3.79. The molecule has 1 aromatic carbocycles. The first-order chi connectivity index (χ1) is 12.7. The third kappa shape index (κ3) is 3.66. The van der Waals surface area contributed by atoms with Crippen LogP contribution in [0, 0.1) is 5.82 Å². The molecule has 138 valence electrons. The monoisotopic (exact) mass is 358 g/mol. The maximum atomic E-state index is 13.8. The molecule has 2 aliphatic heterocycles. The normalized spacial score (nSPS) is 22.0. The summed E-state index contributed by atoms with van der Waals surface area (Å²) >= 11 is 0. The van der Waals surface area contributed by atoms with Crippen LogP contribution in [0.5, 0.6) is 11.6 Å². The van der Waals surface area contributed by atoms with Crippen LogP contribution in [0.1, 0.15) is 18.4 Å². The molecule has 5 nitrogen and oxygen atoms in total. The second-order valence-electron chi connectivity index (χ2n) is 7.05. The van der Waals surface area contributed by atoms with E-state index in [1.807, 2.05) is 12.1 Å². The molecular formula is C20H23FN2O3. The van der Waals surface area contributed by atoms with Gasteiger partial charge in [-0.1, -0.05) is 12.1 Å².